The van der Waals surface area contributed by atoms with Crippen LogP contribution in [0.4, 0.5) is 5.82 Å². The van der Waals surface area contributed by atoms with Gasteiger partial charge in [0, 0.05) is 20.8 Å². The van der Waals surface area contributed by atoms with Gasteiger partial charge in [-0.15, -0.1) is 0 Å². The summed E-state index contributed by atoms with van der Waals surface area (Å²) >= 11 is 0.930. The fourth-order valence-electron chi connectivity index (χ4n) is 3.12. The van der Waals surface area contributed by atoms with Crippen LogP contribution in [-0.2, 0) is 39.9 Å². The molecule has 0 spiro atoms. The Bertz CT molecular complexity index is 923. The molecule has 4 atom stereocenters. The Morgan fingerprint density at radius 3 is 2.48 bits per heavy atom. The minimum Gasteiger partial charge on any atom is -0.463 e. The molecular weight excluding hydrogens is 408 g/mol. The van der Waals surface area contributed by atoms with Crippen LogP contribution in [0.15, 0.2) is 9.79 Å². The summed E-state index contributed by atoms with van der Waals surface area (Å²) in [5.41, 5.74) is 5.72. The van der Waals surface area contributed by atoms with Gasteiger partial charge in [-0.05, 0) is 0 Å². The normalized spacial score (nSPS) is 25.4. The van der Waals surface area contributed by atoms with E-state index >= 15 is 0 Å². The van der Waals surface area contributed by atoms with Crippen molar-refractivity contribution in [3.05, 3.63) is 14.5 Å². The number of nitrogens with two attached hydrogens (primary N) is 1. The van der Waals surface area contributed by atoms with E-state index in [4.69, 9.17) is 24.7 Å². The molecule has 0 amide bonds. The number of nitrogens with zero attached hydrogens (tertiary/aromatic N) is 2. The first-order chi connectivity index (χ1) is 13.7. The Morgan fingerprint density at radius 2 is 1.86 bits per heavy atom. The molecule has 0 bridgehead atoms. The fraction of sp³-hybridized carbons (Fsp3) is 0.562. The van der Waals surface area contributed by atoms with Gasteiger partial charge in [0.25, 0.3) is 0 Å². The maximum atomic E-state index is 12.7. The molecule has 0 aliphatic carbocycles. The number of nitrogens with one attached hydrogen (secondary N) is 1. The summed E-state index contributed by atoms with van der Waals surface area (Å²) in [7, 11) is 0. The van der Waals surface area contributed by atoms with Crippen molar-refractivity contribution < 1.29 is 33.3 Å². The average Bonchev–Trinajstić information content (AvgIpc) is 3.09. The van der Waals surface area contributed by atoms with Gasteiger partial charge in [0.1, 0.15) is 18.5 Å². The topological polar surface area (TPSA) is 161 Å². The summed E-state index contributed by atoms with van der Waals surface area (Å²) in [5, 5.41) is 2.81. The lowest BCUT2D eigenvalue weighted by atomic mass is 10.1. The number of aliphatic imine (C=N–C) groups is 1. The molecule has 13 heteroatoms. The highest BCUT2D eigenvalue weighted by atomic mass is 32.1. The zero-order chi connectivity index (χ0) is 21.3. The number of hydrogen-bond donors (Lipinski definition) is 2. The third-order valence-electron chi connectivity index (χ3n) is 4.15. The van der Waals surface area contributed by atoms with Crippen LogP contribution in [0.5, 0.6) is 0 Å². The van der Waals surface area contributed by atoms with Gasteiger partial charge in [0.15, 0.2) is 24.4 Å². The SMILES string of the molecule is CC(=O)OC[C@H]1O[C@@H](n2c3c(sc2=O)CN=C(N)N3)[C@H](OC(C)=O)[C@H]1OC(C)=O. The molecule has 1 aromatic rings. The van der Waals surface area contributed by atoms with Gasteiger partial charge >= 0.3 is 22.8 Å². The summed E-state index contributed by atoms with van der Waals surface area (Å²) in [4.78, 5) is 51.4. The predicted molar refractivity (Wildman–Crippen MR) is 99.2 cm³/mol. The molecule has 12 nitrogen and oxygen atoms in total. The number of esters is 3. The lowest BCUT2D eigenvalue weighted by Crippen LogP contribution is -2.41. The van der Waals surface area contributed by atoms with E-state index in [1.54, 1.807) is 0 Å². The minimum atomic E-state index is -1.16. The quantitative estimate of drug-likeness (QED) is 0.461. The lowest BCUT2D eigenvalue weighted by Gasteiger charge is -2.25. The molecule has 0 saturated carbocycles. The maximum Gasteiger partial charge on any atom is 0.311 e. The van der Waals surface area contributed by atoms with Crippen molar-refractivity contribution in [2.45, 2.75) is 51.9 Å². The molecule has 3 heterocycles. The van der Waals surface area contributed by atoms with Crippen LogP contribution in [0.1, 0.15) is 31.9 Å². The van der Waals surface area contributed by atoms with Crippen molar-refractivity contribution in [1.82, 2.24) is 4.57 Å². The number of guanidine groups is 1. The van der Waals surface area contributed by atoms with Crippen LogP contribution < -0.4 is 15.9 Å². The minimum absolute atomic E-state index is 0.110. The van der Waals surface area contributed by atoms with Crippen molar-refractivity contribution in [3.63, 3.8) is 0 Å². The van der Waals surface area contributed by atoms with Gasteiger partial charge in [-0.25, -0.2) is 4.99 Å². The van der Waals surface area contributed by atoms with E-state index in [9.17, 15) is 19.2 Å². The molecule has 1 saturated heterocycles. The molecule has 0 radical (unpaired) electrons. The molecule has 0 aromatic carbocycles. The standard InChI is InChI=1S/C16H20N4O8S/c1-6(21)25-5-9-11(26-7(2)22)12(27-8(3)23)14(28-9)20-13-10(29-16(20)24)4-18-15(17)19-13/h9,11-12,14H,4-5H2,1-3H3,(H3,17,18,19)/t9-,11+,12-,14-/m1/s1. The highest BCUT2D eigenvalue weighted by Gasteiger charge is 2.52. The van der Waals surface area contributed by atoms with Crippen molar-refractivity contribution in [1.29, 1.82) is 0 Å². The Balaban J connectivity index is 2.01. The highest BCUT2D eigenvalue weighted by molar-refractivity contribution is 7.09. The van der Waals surface area contributed by atoms with Crippen LogP contribution in [0.3, 0.4) is 0 Å². The van der Waals surface area contributed by atoms with E-state index < -0.39 is 47.3 Å². The van der Waals surface area contributed by atoms with Crippen molar-refractivity contribution in [2.75, 3.05) is 11.9 Å². The van der Waals surface area contributed by atoms with Gasteiger partial charge in [-0.2, -0.15) is 0 Å². The molecule has 3 rings (SSSR count). The van der Waals surface area contributed by atoms with Gasteiger partial charge < -0.3 is 30.0 Å². The molecule has 2 aliphatic heterocycles. The zero-order valence-corrected chi connectivity index (χ0v) is 16.7. The Labute approximate surface area is 168 Å². The van der Waals surface area contributed by atoms with Gasteiger partial charge in [-0.1, -0.05) is 11.3 Å². The predicted octanol–water partition coefficient (Wildman–Crippen LogP) is -0.526. The third kappa shape index (κ3) is 4.40. The second-order valence-electron chi connectivity index (χ2n) is 6.35. The summed E-state index contributed by atoms with van der Waals surface area (Å²) in [5.74, 6) is -1.43. The summed E-state index contributed by atoms with van der Waals surface area (Å²) in [6, 6.07) is 0. The summed E-state index contributed by atoms with van der Waals surface area (Å²) in [6.07, 6.45) is -4.36. The smallest absolute Gasteiger partial charge is 0.311 e. The maximum absolute atomic E-state index is 12.7. The van der Waals surface area contributed by atoms with Crippen molar-refractivity contribution >= 4 is 41.0 Å². The highest BCUT2D eigenvalue weighted by Crippen LogP contribution is 2.37. The number of anilines is 1. The molecule has 1 aromatic heterocycles. The number of carbonyl (C=O) groups is 3. The fourth-order valence-corrected chi connectivity index (χ4v) is 3.99. The molecule has 158 valence electrons. The van der Waals surface area contributed by atoms with E-state index in [-0.39, 0.29) is 19.1 Å². The van der Waals surface area contributed by atoms with E-state index in [1.807, 2.05) is 0 Å². The zero-order valence-electron chi connectivity index (χ0n) is 15.9. The number of hydrogen-bond acceptors (Lipinski definition) is 12. The molecule has 3 N–H and O–H groups in total. The van der Waals surface area contributed by atoms with E-state index in [0.717, 1.165) is 11.3 Å². The Morgan fingerprint density at radius 1 is 1.21 bits per heavy atom. The Kier molecular flexibility index (Phi) is 5.88. The van der Waals surface area contributed by atoms with Crippen LogP contribution in [-0.4, -0.2) is 53.4 Å². The number of rotatable bonds is 5. The van der Waals surface area contributed by atoms with Gasteiger partial charge in [0.05, 0.1) is 11.4 Å². The number of ether oxygens (including phenoxy) is 4. The first kappa shape index (κ1) is 20.8. The van der Waals surface area contributed by atoms with Crippen LogP contribution >= 0.6 is 11.3 Å². The first-order valence-electron chi connectivity index (χ1n) is 8.61. The van der Waals surface area contributed by atoms with Gasteiger partial charge in [-0.3, -0.25) is 23.7 Å². The Hall–Kier alpha value is -2.93. The van der Waals surface area contributed by atoms with E-state index in [1.165, 1.54) is 25.3 Å². The second-order valence-corrected chi connectivity index (χ2v) is 7.40. The number of aromatic nitrogens is 1. The van der Waals surface area contributed by atoms with Crippen LogP contribution in [0.25, 0.3) is 0 Å². The van der Waals surface area contributed by atoms with E-state index in [2.05, 4.69) is 10.3 Å². The molecule has 1 fully saturated rings. The summed E-state index contributed by atoms with van der Waals surface area (Å²) < 4.78 is 22.7. The molecular formula is C16H20N4O8S. The average molecular weight is 428 g/mol. The summed E-state index contributed by atoms with van der Waals surface area (Å²) in [6.45, 7) is 3.51. The van der Waals surface area contributed by atoms with Crippen molar-refractivity contribution in [3.8, 4) is 0 Å². The largest absolute Gasteiger partial charge is 0.463 e. The number of fused-ring (bicyclic) bond motifs is 1. The number of thiazole rings is 1. The lowest BCUT2D eigenvalue weighted by molar-refractivity contribution is -0.166. The van der Waals surface area contributed by atoms with Crippen LogP contribution in [0, 0.1) is 0 Å². The van der Waals surface area contributed by atoms with Crippen LogP contribution in [0.2, 0.25) is 0 Å². The monoisotopic (exact) mass is 428 g/mol. The third-order valence-corrected chi connectivity index (χ3v) is 5.09. The van der Waals surface area contributed by atoms with Crippen molar-refractivity contribution in [2.24, 2.45) is 10.7 Å². The molecule has 29 heavy (non-hydrogen) atoms. The molecule has 2 aliphatic rings. The number of carbonyl (C=O) groups excluding carboxylic acids is 3. The van der Waals surface area contributed by atoms with Gasteiger partial charge in [0.2, 0.25) is 0 Å². The second kappa shape index (κ2) is 8.21. The van der Waals surface area contributed by atoms with E-state index in [0.29, 0.717) is 10.7 Å². The molecule has 0 unspecified atom stereocenters. The first-order valence-corrected chi connectivity index (χ1v) is 9.43.